The molecule has 0 saturated heterocycles. The van der Waals surface area contributed by atoms with Crippen LogP contribution in [0.1, 0.15) is 50.7 Å². The molecule has 0 fully saturated rings. The number of esters is 1. The molecule has 0 heterocycles. The van der Waals surface area contributed by atoms with Gasteiger partial charge in [0, 0.05) is 19.1 Å². The molecule has 0 aliphatic carbocycles. The van der Waals surface area contributed by atoms with Gasteiger partial charge in [-0.1, -0.05) is 69.2 Å². The molecule has 37 heavy (non-hydrogen) atoms. The second kappa shape index (κ2) is 15.7. The molecule has 2 aromatic carbocycles. The van der Waals surface area contributed by atoms with Crippen molar-refractivity contribution in [3.63, 3.8) is 0 Å². The Labute approximate surface area is 221 Å². The first-order chi connectivity index (χ1) is 17.7. The third-order valence-electron chi connectivity index (χ3n) is 6.26. The monoisotopic (exact) mass is 534 g/mol. The molecule has 0 aliphatic rings. The Balaban J connectivity index is 2.08. The van der Waals surface area contributed by atoms with Gasteiger partial charge < -0.3 is 25.6 Å². The molecule has 2 aromatic rings. The van der Waals surface area contributed by atoms with Crippen LogP contribution in [-0.2, 0) is 32.3 Å². The van der Waals surface area contributed by atoms with Crippen molar-refractivity contribution in [2.45, 2.75) is 76.0 Å². The van der Waals surface area contributed by atoms with E-state index >= 15 is 0 Å². The third-order valence-corrected chi connectivity index (χ3v) is 8.53. The van der Waals surface area contributed by atoms with Crippen molar-refractivity contribution < 1.29 is 27.8 Å². The van der Waals surface area contributed by atoms with Gasteiger partial charge in [0.15, 0.2) is 15.9 Å². The largest absolute Gasteiger partial charge is 0.497 e. The molecule has 4 N–H and O–H groups in total. The van der Waals surface area contributed by atoms with Gasteiger partial charge >= 0.3 is 5.97 Å². The summed E-state index contributed by atoms with van der Waals surface area (Å²) in [6.45, 7) is 4.54. The average molecular weight is 535 g/mol. The van der Waals surface area contributed by atoms with Crippen LogP contribution in [0.4, 0.5) is 0 Å². The quantitative estimate of drug-likeness (QED) is 0.264. The standard InChI is InChI=1S/C28H42N2O6S/c1-4-10-24(11-5-2)37(33,34)20-26(31)28(32)36-27(25(29)17-21-12-7-6-8-13-21)19-30-18-22-14-9-15-23(16-22)35-3/h6-9,12-16,24-27,30-31H,4-5,10-11,17-20,29H2,1-3H3. The molecule has 0 spiro atoms. The molecular formula is C28H42N2O6S. The lowest BCUT2D eigenvalue weighted by Crippen LogP contribution is -2.48. The van der Waals surface area contributed by atoms with E-state index in [0.29, 0.717) is 38.6 Å². The molecular weight excluding hydrogens is 492 g/mol. The number of ether oxygens (including phenoxy) is 2. The normalized spacial score (nSPS) is 14.2. The highest BCUT2D eigenvalue weighted by Gasteiger charge is 2.33. The van der Waals surface area contributed by atoms with E-state index in [-0.39, 0.29) is 6.54 Å². The first kappa shape index (κ1) is 30.8. The fourth-order valence-electron chi connectivity index (χ4n) is 4.24. The lowest BCUT2D eigenvalue weighted by Gasteiger charge is -2.26. The number of benzene rings is 2. The van der Waals surface area contributed by atoms with Crippen LogP contribution in [0.2, 0.25) is 0 Å². The second-order valence-corrected chi connectivity index (χ2v) is 11.7. The molecule has 9 heteroatoms. The lowest BCUT2D eigenvalue weighted by molar-refractivity contribution is -0.158. The summed E-state index contributed by atoms with van der Waals surface area (Å²) < 4.78 is 36.6. The number of carbonyl (C=O) groups is 1. The van der Waals surface area contributed by atoms with Gasteiger partial charge in [0.1, 0.15) is 11.9 Å². The van der Waals surface area contributed by atoms with E-state index in [9.17, 15) is 18.3 Å². The summed E-state index contributed by atoms with van der Waals surface area (Å²) in [5, 5.41) is 13.2. The van der Waals surface area contributed by atoms with Crippen molar-refractivity contribution in [2.75, 3.05) is 19.4 Å². The Bertz CT molecular complexity index is 1040. The molecule has 8 nitrogen and oxygen atoms in total. The highest BCUT2D eigenvalue weighted by molar-refractivity contribution is 7.92. The summed E-state index contributed by atoms with van der Waals surface area (Å²) in [6.07, 6.45) is 0.305. The van der Waals surface area contributed by atoms with Crippen molar-refractivity contribution in [1.82, 2.24) is 5.32 Å². The smallest absolute Gasteiger partial charge is 0.336 e. The number of aliphatic hydroxyl groups is 1. The predicted octanol–water partition coefficient (Wildman–Crippen LogP) is 3.01. The van der Waals surface area contributed by atoms with Crippen LogP contribution in [0.15, 0.2) is 54.6 Å². The summed E-state index contributed by atoms with van der Waals surface area (Å²) >= 11 is 0. The van der Waals surface area contributed by atoms with Crippen LogP contribution in [-0.4, -0.2) is 62.4 Å². The first-order valence-electron chi connectivity index (χ1n) is 12.9. The molecule has 0 bridgehead atoms. The number of rotatable bonds is 17. The van der Waals surface area contributed by atoms with E-state index in [1.165, 1.54) is 0 Å². The number of hydrogen-bond donors (Lipinski definition) is 3. The fraction of sp³-hybridized carbons (Fsp3) is 0.536. The maximum Gasteiger partial charge on any atom is 0.336 e. The number of nitrogens with two attached hydrogens (primary N) is 1. The van der Waals surface area contributed by atoms with Crippen LogP contribution in [0, 0.1) is 0 Å². The molecule has 206 valence electrons. The minimum absolute atomic E-state index is 0.227. The highest BCUT2D eigenvalue weighted by Crippen LogP contribution is 2.18. The summed E-state index contributed by atoms with van der Waals surface area (Å²) in [6, 6.07) is 16.6. The van der Waals surface area contributed by atoms with Gasteiger partial charge in [-0.05, 0) is 42.5 Å². The molecule has 0 radical (unpaired) electrons. The fourth-order valence-corrected chi connectivity index (χ4v) is 6.28. The average Bonchev–Trinajstić information content (AvgIpc) is 2.88. The maximum absolute atomic E-state index is 12.9. The predicted molar refractivity (Wildman–Crippen MR) is 146 cm³/mol. The maximum atomic E-state index is 12.9. The number of hydrogen-bond acceptors (Lipinski definition) is 8. The Morgan fingerprint density at radius 2 is 1.68 bits per heavy atom. The van der Waals surface area contributed by atoms with Gasteiger partial charge in [0.05, 0.1) is 18.1 Å². The van der Waals surface area contributed by atoms with Crippen LogP contribution in [0.25, 0.3) is 0 Å². The Kier molecular flexibility index (Phi) is 13.1. The SMILES string of the molecule is CCCC(CCC)S(=O)(=O)CC(O)C(=O)OC(CNCc1cccc(OC)c1)C(N)Cc1ccccc1. The van der Waals surface area contributed by atoms with E-state index in [4.69, 9.17) is 15.2 Å². The van der Waals surface area contributed by atoms with Crippen molar-refractivity contribution in [3.05, 3.63) is 65.7 Å². The summed E-state index contributed by atoms with van der Waals surface area (Å²) in [5.41, 5.74) is 8.40. The summed E-state index contributed by atoms with van der Waals surface area (Å²) in [4.78, 5) is 12.8. The van der Waals surface area contributed by atoms with Gasteiger partial charge in [-0.2, -0.15) is 0 Å². The second-order valence-electron chi connectivity index (χ2n) is 9.36. The zero-order chi connectivity index (χ0) is 27.3. The van der Waals surface area contributed by atoms with Crippen LogP contribution < -0.4 is 15.8 Å². The molecule has 0 amide bonds. The summed E-state index contributed by atoms with van der Waals surface area (Å²) in [7, 11) is -2.06. The number of carbonyl (C=O) groups excluding carboxylic acids is 1. The van der Waals surface area contributed by atoms with Gasteiger partial charge in [0.25, 0.3) is 0 Å². The lowest BCUT2D eigenvalue weighted by atomic mass is 10.0. The minimum atomic E-state index is -3.66. The molecule has 3 unspecified atom stereocenters. The zero-order valence-electron chi connectivity index (χ0n) is 22.1. The van der Waals surface area contributed by atoms with Crippen molar-refractivity contribution in [3.8, 4) is 5.75 Å². The van der Waals surface area contributed by atoms with Crippen LogP contribution in [0.3, 0.4) is 0 Å². The van der Waals surface area contributed by atoms with Gasteiger partial charge in [0.2, 0.25) is 0 Å². The van der Waals surface area contributed by atoms with Gasteiger partial charge in [-0.15, -0.1) is 0 Å². The highest BCUT2D eigenvalue weighted by atomic mass is 32.2. The van der Waals surface area contributed by atoms with E-state index in [0.717, 1.165) is 16.9 Å². The van der Waals surface area contributed by atoms with Gasteiger partial charge in [-0.25, -0.2) is 13.2 Å². The molecule has 0 aromatic heterocycles. The van der Waals surface area contributed by atoms with Crippen molar-refractivity contribution >= 4 is 15.8 Å². The molecule has 0 saturated carbocycles. The molecule has 3 atom stereocenters. The third kappa shape index (κ3) is 10.4. The van der Waals surface area contributed by atoms with E-state index in [1.807, 2.05) is 68.4 Å². The molecule has 0 aliphatic heterocycles. The van der Waals surface area contributed by atoms with Crippen LogP contribution in [0.5, 0.6) is 5.75 Å². The minimum Gasteiger partial charge on any atom is -0.497 e. The van der Waals surface area contributed by atoms with E-state index < -0.39 is 45.1 Å². The summed E-state index contributed by atoms with van der Waals surface area (Å²) in [5.74, 6) is -0.905. The van der Waals surface area contributed by atoms with E-state index in [2.05, 4.69) is 5.32 Å². The number of aliphatic hydroxyl groups excluding tert-OH is 1. The Morgan fingerprint density at radius 1 is 1.03 bits per heavy atom. The number of sulfone groups is 1. The Morgan fingerprint density at radius 3 is 2.30 bits per heavy atom. The van der Waals surface area contributed by atoms with Gasteiger partial charge in [-0.3, -0.25) is 0 Å². The topological polar surface area (TPSA) is 128 Å². The van der Waals surface area contributed by atoms with E-state index in [1.54, 1.807) is 7.11 Å². The Hall–Kier alpha value is -2.46. The molecule has 2 rings (SSSR count). The van der Waals surface area contributed by atoms with Crippen molar-refractivity contribution in [2.24, 2.45) is 5.73 Å². The first-order valence-corrected chi connectivity index (χ1v) is 14.6. The number of nitrogens with one attached hydrogen (secondary N) is 1. The zero-order valence-corrected chi connectivity index (χ0v) is 23.0. The van der Waals surface area contributed by atoms with Crippen LogP contribution >= 0.6 is 0 Å². The number of methoxy groups -OCH3 is 1. The van der Waals surface area contributed by atoms with Crippen molar-refractivity contribution in [1.29, 1.82) is 0 Å².